The Bertz CT molecular complexity index is 637. The van der Waals surface area contributed by atoms with Crippen molar-refractivity contribution < 1.29 is 19.1 Å². The Morgan fingerprint density at radius 2 is 1.92 bits per heavy atom. The van der Waals surface area contributed by atoms with Crippen molar-refractivity contribution in [3.8, 4) is 11.5 Å². The first kappa shape index (κ1) is 17.6. The number of carbonyl (C=O) groups is 2. The molecule has 0 N–H and O–H groups in total. The van der Waals surface area contributed by atoms with Crippen LogP contribution in [-0.2, 0) is 11.2 Å². The molecule has 3 rings (SSSR count). The first-order valence-corrected chi connectivity index (χ1v) is 8.88. The van der Waals surface area contributed by atoms with Gasteiger partial charge in [-0.2, -0.15) is 0 Å². The number of benzene rings is 1. The third kappa shape index (κ3) is 3.43. The average molecular weight is 346 g/mol. The van der Waals surface area contributed by atoms with Crippen molar-refractivity contribution in [2.45, 2.75) is 38.6 Å². The second-order valence-electron chi connectivity index (χ2n) is 6.94. The molecule has 6 nitrogen and oxygen atoms in total. The van der Waals surface area contributed by atoms with Gasteiger partial charge in [-0.25, -0.2) is 4.79 Å². The summed E-state index contributed by atoms with van der Waals surface area (Å²) in [6, 6.07) is 5.48. The van der Waals surface area contributed by atoms with Crippen molar-refractivity contribution in [3.05, 3.63) is 23.8 Å². The maximum atomic E-state index is 12.5. The summed E-state index contributed by atoms with van der Waals surface area (Å²) in [4.78, 5) is 28.3. The molecule has 0 unspecified atom stereocenters. The highest BCUT2D eigenvalue weighted by molar-refractivity contribution is 6.04. The molecule has 25 heavy (non-hydrogen) atoms. The van der Waals surface area contributed by atoms with Gasteiger partial charge < -0.3 is 14.4 Å². The molecule has 2 aliphatic rings. The summed E-state index contributed by atoms with van der Waals surface area (Å²) in [5.74, 6) is 1.54. The normalized spacial score (nSPS) is 21.3. The molecular formula is C19H26N2O4. The molecule has 0 aliphatic carbocycles. The Hall–Kier alpha value is -2.24. The fourth-order valence-electron chi connectivity index (χ4n) is 3.80. The fourth-order valence-corrected chi connectivity index (χ4v) is 3.80. The van der Waals surface area contributed by atoms with Crippen LogP contribution in [0, 0.1) is 5.92 Å². The molecule has 1 aromatic rings. The third-order valence-electron chi connectivity index (χ3n) is 5.06. The van der Waals surface area contributed by atoms with E-state index in [9.17, 15) is 9.59 Å². The summed E-state index contributed by atoms with van der Waals surface area (Å²) >= 11 is 0. The second kappa shape index (κ2) is 7.33. The Morgan fingerprint density at radius 3 is 2.60 bits per heavy atom. The zero-order valence-electron chi connectivity index (χ0n) is 15.2. The summed E-state index contributed by atoms with van der Waals surface area (Å²) in [6.07, 6.45) is 3.58. The monoisotopic (exact) mass is 346 g/mol. The molecule has 0 radical (unpaired) electrons. The maximum Gasteiger partial charge on any atom is 0.327 e. The van der Waals surface area contributed by atoms with Crippen LogP contribution < -0.4 is 9.47 Å². The number of fused-ring (bicyclic) bond motifs is 1. The number of carbonyl (C=O) groups excluding carboxylic acids is 2. The number of imide groups is 1. The summed E-state index contributed by atoms with van der Waals surface area (Å²) in [6.45, 7) is 3.23. The van der Waals surface area contributed by atoms with E-state index in [1.807, 2.05) is 18.2 Å². The molecule has 6 heteroatoms. The van der Waals surface area contributed by atoms with Gasteiger partial charge in [-0.3, -0.25) is 9.69 Å². The zero-order valence-corrected chi connectivity index (χ0v) is 15.2. The molecule has 0 spiro atoms. The van der Waals surface area contributed by atoms with Crippen molar-refractivity contribution in [1.29, 1.82) is 0 Å². The van der Waals surface area contributed by atoms with Gasteiger partial charge >= 0.3 is 6.03 Å². The van der Waals surface area contributed by atoms with Crippen LogP contribution in [0.3, 0.4) is 0 Å². The van der Waals surface area contributed by atoms with Gasteiger partial charge in [-0.05, 0) is 49.3 Å². The van der Waals surface area contributed by atoms with Gasteiger partial charge in [0.25, 0.3) is 5.91 Å². The Balaban J connectivity index is 1.65. The Morgan fingerprint density at radius 1 is 1.16 bits per heavy atom. The highest BCUT2D eigenvalue weighted by atomic mass is 16.5. The minimum absolute atomic E-state index is 0.0242. The molecule has 2 saturated heterocycles. The minimum atomic E-state index is -0.227. The quantitative estimate of drug-likeness (QED) is 0.743. The number of ether oxygens (including phenoxy) is 2. The number of urea groups is 1. The van der Waals surface area contributed by atoms with Crippen molar-refractivity contribution in [2.75, 3.05) is 27.3 Å². The SMILES string of the molecule is COc1ccc(C[C@H](C)CN2C(=O)[C@@H]3CCCCN3C2=O)cc1OC. The van der Waals surface area contributed by atoms with Crippen molar-refractivity contribution in [2.24, 2.45) is 5.92 Å². The number of hydrogen-bond donors (Lipinski definition) is 0. The molecular weight excluding hydrogens is 320 g/mol. The van der Waals surface area contributed by atoms with E-state index in [2.05, 4.69) is 6.92 Å². The molecule has 2 aliphatic heterocycles. The van der Waals surface area contributed by atoms with E-state index in [0.29, 0.717) is 24.6 Å². The number of nitrogens with zero attached hydrogens (tertiary/aromatic N) is 2. The molecule has 2 heterocycles. The lowest BCUT2D eigenvalue weighted by atomic mass is 10.00. The van der Waals surface area contributed by atoms with Crippen LogP contribution in [0.1, 0.15) is 31.7 Å². The van der Waals surface area contributed by atoms with Crippen molar-refractivity contribution in [3.63, 3.8) is 0 Å². The number of hydrogen-bond acceptors (Lipinski definition) is 4. The number of piperidine rings is 1. The summed E-state index contributed by atoms with van der Waals surface area (Å²) in [5, 5.41) is 0. The van der Waals surface area contributed by atoms with E-state index in [4.69, 9.17) is 9.47 Å². The largest absolute Gasteiger partial charge is 0.493 e. The Labute approximate surface area is 148 Å². The summed E-state index contributed by atoms with van der Waals surface area (Å²) < 4.78 is 10.6. The van der Waals surface area contributed by atoms with Crippen molar-refractivity contribution in [1.82, 2.24) is 9.80 Å². The van der Waals surface area contributed by atoms with Crippen LogP contribution in [-0.4, -0.2) is 55.1 Å². The van der Waals surface area contributed by atoms with Gasteiger partial charge in [-0.15, -0.1) is 0 Å². The zero-order chi connectivity index (χ0) is 18.0. The molecule has 2 fully saturated rings. The van der Waals surface area contributed by atoms with Crippen LogP contribution in [0.5, 0.6) is 11.5 Å². The van der Waals surface area contributed by atoms with E-state index in [1.165, 1.54) is 4.90 Å². The van der Waals surface area contributed by atoms with Crippen LogP contribution in [0.2, 0.25) is 0 Å². The molecule has 0 aromatic heterocycles. The maximum absolute atomic E-state index is 12.5. The lowest BCUT2D eigenvalue weighted by Gasteiger charge is -2.26. The highest BCUT2D eigenvalue weighted by Crippen LogP contribution is 2.30. The number of amides is 3. The van der Waals surface area contributed by atoms with Gasteiger partial charge in [0.05, 0.1) is 14.2 Å². The topological polar surface area (TPSA) is 59.1 Å². The minimum Gasteiger partial charge on any atom is -0.493 e. The highest BCUT2D eigenvalue weighted by Gasteiger charge is 2.45. The van der Waals surface area contributed by atoms with E-state index in [-0.39, 0.29) is 23.9 Å². The van der Waals surface area contributed by atoms with Gasteiger partial charge in [0.1, 0.15) is 6.04 Å². The predicted octanol–water partition coefficient (Wildman–Crippen LogP) is 2.70. The Kier molecular flexibility index (Phi) is 5.16. The number of rotatable bonds is 6. The first-order chi connectivity index (χ1) is 12.0. The van der Waals surface area contributed by atoms with E-state index >= 15 is 0 Å². The molecule has 1 aromatic carbocycles. The van der Waals surface area contributed by atoms with Gasteiger partial charge in [0.15, 0.2) is 11.5 Å². The van der Waals surface area contributed by atoms with Gasteiger partial charge in [0, 0.05) is 13.1 Å². The average Bonchev–Trinajstić information content (AvgIpc) is 2.87. The van der Waals surface area contributed by atoms with Crippen LogP contribution in [0.25, 0.3) is 0 Å². The van der Waals surface area contributed by atoms with Crippen LogP contribution in [0.15, 0.2) is 18.2 Å². The molecule has 0 saturated carbocycles. The summed E-state index contributed by atoms with van der Waals surface area (Å²) in [5.41, 5.74) is 1.10. The van der Waals surface area contributed by atoms with E-state index in [0.717, 1.165) is 31.2 Å². The molecule has 2 atom stereocenters. The summed E-state index contributed by atoms with van der Waals surface area (Å²) in [7, 11) is 3.22. The standard InChI is InChI=1S/C19H26N2O4/c1-13(10-14-7-8-16(24-2)17(11-14)25-3)12-21-18(22)15-6-4-5-9-20(15)19(21)23/h7-8,11,13,15H,4-6,9-10,12H2,1-3H3/t13-,15-/m0/s1. The van der Waals surface area contributed by atoms with E-state index < -0.39 is 0 Å². The van der Waals surface area contributed by atoms with E-state index in [1.54, 1.807) is 19.1 Å². The van der Waals surface area contributed by atoms with Crippen molar-refractivity contribution >= 4 is 11.9 Å². The second-order valence-corrected chi connectivity index (χ2v) is 6.94. The lowest BCUT2D eigenvalue weighted by molar-refractivity contribution is -0.129. The number of methoxy groups -OCH3 is 2. The predicted molar refractivity (Wildman–Crippen MR) is 93.9 cm³/mol. The molecule has 0 bridgehead atoms. The van der Waals surface area contributed by atoms with Gasteiger partial charge in [-0.1, -0.05) is 13.0 Å². The van der Waals surface area contributed by atoms with Gasteiger partial charge in [0.2, 0.25) is 0 Å². The molecule has 3 amide bonds. The smallest absolute Gasteiger partial charge is 0.327 e. The first-order valence-electron chi connectivity index (χ1n) is 8.88. The lowest BCUT2D eigenvalue weighted by Crippen LogP contribution is -2.39. The molecule has 136 valence electrons. The fraction of sp³-hybridized carbons (Fsp3) is 0.579. The van der Waals surface area contributed by atoms with Crippen LogP contribution >= 0.6 is 0 Å². The van der Waals surface area contributed by atoms with Crippen LogP contribution in [0.4, 0.5) is 4.79 Å². The third-order valence-corrected chi connectivity index (χ3v) is 5.06.